The molecule has 2 aliphatic heterocycles. The summed E-state index contributed by atoms with van der Waals surface area (Å²) in [5, 5.41) is 2.73. The number of carbonyl (C=O) groups is 4. The molecule has 0 bridgehead atoms. The van der Waals surface area contributed by atoms with Gasteiger partial charge < -0.3 is 23.9 Å². The van der Waals surface area contributed by atoms with Crippen molar-refractivity contribution in [3.05, 3.63) is 64.7 Å². The monoisotopic (exact) mass is 536 g/mol. The SMILES string of the molecule is COc1ccc2c(c1)C(=O)N(C[C@@]1(c3cc4cc(C(=O)N(C)CCN(C)C)c(F)cc4o3)CC(=O)NC1=O)C2. The molecule has 11 heteroatoms. The van der Waals surface area contributed by atoms with Crippen LogP contribution in [0, 0.1) is 5.82 Å². The predicted molar refractivity (Wildman–Crippen MR) is 139 cm³/mol. The lowest BCUT2D eigenvalue weighted by Crippen LogP contribution is -2.46. The molecular weight excluding hydrogens is 507 g/mol. The largest absolute Gasteiger partial charge is 0.497 e. The maximum atomic E-state index is 15.0. The molecule has 3 aromatic rings. The number of imide groups is 1. The minimum absolute atomic E-state index is 0.118. The first-order chi connectivity index (χ1) is 18.5. The normalized spacial score (nSPS) is 18.7. The van der Waals surface area contributed by atoms with Gasteiger partial charge in [-0.1, -0.05) is 6.07 Å². The third kappa shape index (κ3) is 4.63. The second-order valence-corrected chi connectivity index (χ2v) is 10.3. The van der Waals surface area contributed by atoms with Crippen LogP contribution in [-0.2, 0) is 21.5 Å². The highest BCUT2D eigenvalue weighted by molar-refractivity contribution is 6.10. The molecule has 0 aliphatic carbocycles. The number of nitrogens with one attached hydrogen (secondary N) is 1. The van der Waals surface area contributed by atoms with Crippen molar-refractivity contribution >= 4 is 34.6 Å². The van der Waals surface area contributed by atoms with Crippen molar-refractivity contribution in [2.75, 3.05) is 47.9 Å². The Morgan fingerprint density at radius 1 is 1.13 bits per heavy atom. The summed E-state index contributed by atoms with van der Waals surface area (Å²) in [4.78, 5) is 56.6. The van der Waals surface area contributed by atoms with Crippen LogP contribution >= 0.6 is 0 Å². The van der Waals surface area contributed by atoms with Crippen LogP contribution in [0.25, 0.3) is 11.0 Å². The van der Waals surface area contributed by atoms with E-state index in [1.807, 2.05) is 19.0 Å². The number of benzene rings is 2. The molecule has 3 heterocycles. The van der Waals surface area contributed by atoms with E-state index in [0.717, 1.165) is 11.6 Å². The Kier molecular flexibility index (Phi) is 6.63. The van der Waals surface area contributed by atoms with Crippen LogP contribution in [0.5, 0.6) is 5.75 Å². The lowest BCUT2D eigenvalue weighted by Gasteiger charge is -2.28. The van der Waals surface area contributed by atoms with E-state index in [-0.39, 0.29) is 42.3 Å². The summed E-state index contributed by atoms with van der Waals surface area (Å²) in [5.74, 6) is -2.00. The minimum atomic E-state index is -1.51. The molecule has 2 aromatic carbocycles. The number of halogens is 1. The summed E-state index contributed by atoms with van der Waals surface area (Å²) in [6, 6.07) is 9.22. The molecule has 0 saturated carbocycles. The van der Waals surface area contributed by atoms with Crippen LogP contribution in [-0.4, -0.2) is 86.2 Å². The molecule has 4 amide bonds. The summed E-state index contributed by atoms with van der Waals surface area (Å²) >= 11 is 0. The molecule has 1 N–H and O–H groups in total. The molecule has 204 valence electrons. The maximum Gasteiger partial charge on any atom is 0.256 e. The molecular formula is C28H29FN4O6. The second kappa shape index (κ2) is 9.81. The highest BCUT2D eigenvalue weighted by Gasteiger charge is 2.53. The van der Waals surface area contributed by atoms with E-state index in [0.29, 0.717) is 29.8 Å². The van der Waals surface area contributed by atoms with Crippen molar-refractivity contribution < 1.29 is 32.7 Å². The summed E-state index contributed by atoms with van der Waals surface area (Å²) in [6.45, 7) is 1.14. The van der Waals surface area contributed by atoms with Crippen molar-refractivity contribution in [1.29, 1.82) is 0 Å². The van der Waals surface area contributed by atoms with Gasteiger partial charge in [-0.3, -0.25) is 24.5 Å². The number of carbonyl (C=O) groups excluding carboxylic acids is 4. The van der Waals surface area contributed by atoms with Crippen molar-refractivity contribution in [3.8, 4) is 5.75 Å². The van der Waals surface area contributed by atoms with Crippen LogP contribution in [0.4, 0.5) is 4.39 Å². The molecule has 1 fully saturated rings. The molecule has 39 heavy (non-hydrogen) atoms. The zero-order chi connectivity index (χ0) is 28.1. The highest BCUT2D eigenvalue weighted by atomic mass is 19.1. The van der Waals surface area contributed by atoms with Crippen LogP contribution in [0.1, 0.15) is 38.5 Å². The third-order valence-electron chi connectivity index (χ3n) is 7.34. The summed E-state index contributed by atoms with van der Waals surface area (Å²) < 4.78 is 26.2. The van der Waals surface area contributed by atoms with Crippen molar-refractivity contribution in [1.82, 2.24) is 20.0 Å². The second-order valence-electron chi connectivity index (χ2n) is 10.3. The summed E-state index contributed by atoms with van der Waals surface area (Å²) in [6.07, 6.45) is -0.239. The van der Waals surface area contributed by atoms with Crippen LogP contribution in [0.3, 0.4) is 0 Å². The lowest BCUT2D eigenvalue weighted by atomic mass is 9.82. The molecule has 0 radical (unpaired) electrons. The number of methoxy groups -OCH3 is 1. The number of hydrogen-bond donors (Lipinski definition) is 1. The summed E-state index contributed by atoms with van der Waals surface area (Å²) in [5.41, 5.74) is -0.282. The zero-order valence-electron chi connectivity index (χ0n) is 22.2. The van der Waals surface area contributed by atoms with E-state index < -0.39 is 29.0 Å². The van der Waals surface area contributed by atoms with Gasteiger partial charge in [0.25, 0.3) is 11.8 Å². The average Bonchev–Trinajstić information content (AvgIpc) is 3.54. The number of likely N-dealkylation sites (N-methyl/N-ethyl adjacent to an activating group) is 2. The first kappa shape index (κ1) is 26.4. The van der Waals surface area contributed by atoms with Gasteiger partial charge in [0.15, 0.2) is 0 Å². The van der Waals surface area contributed by atoms with Gasteiger partial charge in [-0.15, -0.1) is 0 Å². The molecule has 0 unspecified atom stereocenters. The number of rotatable bonds is 8. The highest BCUT2D eigenvalue weighted by Crippen LogP contribution is 2.39. The average molecular weight is 537 g/mol. The van der Waals surface area contributed by atoms with Crippen LogP contribution < -0.4 is 10.1 Å². The Balaban J connectivity index is 1.49. The number of furan rings is 1. The topological polar surface area (TPSA) is 112 Å². The maximum absolute atomic E-state index is 15.0. The summed E-state index contributed by atoms with van der Waals surface area (Å²) in [7, 11) is 6.86. The van der Waals surface area contributed by atoms with E-state index in [9.17, 15) is 19.2 Å². The van der Waals surface area contributed by atoms with Gasteiger partial charge in [-0.25, -0.2) is 4.39 Å². The fourth-order valence-electron chi connectivity index (χ4n) is 5.09. The van der Waals surface area contributed by atoms with E-state index in [2.05, 4.69) is 5.32 Å². The minimum Gasteiger partial charge on any atom is -0.497 e. The fourth-order valence-corrected chi connectivity index (χ4v) is 5.09. The van der Waals surface area contributed by atoms with Crippen LogP contribution in [0.2, 0.25) is 0 Å². The van der Waals surface area contributed by atoms with Crippen molar-refractivity contribution in [2.45, 2.75) is 18.4 Å². The van der Waals surface area contributed by atoms with Gasteiger partial charge in [-0.2, -0.15) is 0 Å². The smallest absolute Gasteiger partial charge is 0.256 e. The Morgan fingerprint density at radius 3 is 2.56 bits per heavy atom. The number of nitrogens with zero attached hydrogens (tertiary/aromatic N) is 3. The van der Waals surface area contributed by atoms with Gasteiger partial charge in [0.2, 0.25) is 11.8 Å². The molecule has 1 atom stereocenters. The Bertz CT molecular complexity index is 1520. The Morgan fingerprint density at radius 2 is 1.90 bits per heavy atom. The Labute approximate surface area is 224 Å². The van der Waals surface area contributed by atoms with Crippen LogP contribution in [0.15, 0.2) is 40.8 Å². The molecule has 1 aromatic heterocycles. The molecule has 5 rings (SSSR count). The van der Waals surface area contributed by atoms with E-state index in [1.165, 1.54) is 23.0 Å². The van der Waals surface area contributed by atoms with Gasteiger partial charge >= 0.3 is 0 Å². The number of hydrogen-bond acceptors (Lipinski definition) is 7. The van der Waals surface area contributed by atoms with Gasteiger partial charge in [0, 0.05) is 50.2 Å². The van der Waals surface area contributed by atoms with E-state index in [1.54, 1.807) is 31.3 Å². The number of ether oxygens (including phenoxy) is 1. The van der Waals surface area contributed by atoms with E-state index >= 15 is 4.39 Å². The molecule has 2 aliphatic rings. The third-order valence-corrected chi connectivity index (χ3v) is 7.34. The standard InChI is InChI=1S/C28H29FN4O6/c1-31(2)7-8-32(3)25(35)20-9-17-10-23(39-22(17)12-21(20)29)28(13-24(34)30-27(28)37)15-33-14-16-5-6-18(38-4)11-19(16)26(33)36/h5-6,9-12H,7-8,13-15H2,1-4H3,(H,30,34,37)/t28-/m1/s1. The molecule has 1 saturated heterocycles. The Hall–Kier alpha value is -4.25. The zero-order valence-corrected chi connectivity index (χ0v) is 22.2. The van der Waals surface area contributed by atoms with E-state index in [4.69, 9.17) is 9.15 Å². The van der Waals surface area contributed by atoms with Crippen molar-refractivity contribution in [2.24, 2.45) is 0 Å². The fraction of sp³-hybridized carbons (Fsp3) is 0.357. The number of fused-ring (bicyclic) bond motifs is 2. The van der Waals surface area contributed by atoms with Gasteiger partial charge in [-0.05, 0) is 43.9 Å². The number of amides is 4. The first-order valence-corrected chi connectivity index (χ1v) is 12.5. The molecule has 10 nitrogen and oxygen atoms in total. The lowest BCUT2D eigenvalue weighted by molar-refractivity contribution is -0.127. The van der Waals surface area contributed by atoms with Crippen molar-refractivity contribution in [3.63, 3.8) is 0 Å². The molecule has 0 spiro atoms. The van der Waals surface area contributed by atoms with Gasteiger partial charge in [0.1, 0.15) is 28.3 Å². The van der Waals surface area contributed by atoms with Gasteiger partial charge in [0.05, 0.1) is 19.1 Å². The first-order valence-electron chi connectivity index (χ1n) is 12.5. The quantitative estimate of drug-likeness (QED) is 0.439. The predicted octanol–water partition coefficient (Wildman–Crippen LogP) is 2.15.